The van der Waals surface area contributed by atoms with Gasteiger partial charge in [0, 0.05) is 18.9 Å². The van der Waals surface area contributed by atoms with E-state index in [2.05, 4.69) is 15.4 Å². The Morgan fingerprint density at radius 3 is 2.46 bits per heavy atom. The second kappa shape index (κ2) is 8.47. The highest BCUT2D eigenvalue weighted by Gasteiger charge is 2.24. The Labute approximate surface area is 164 Å². The number of rotatable bonds is 6. The Bertz CT molecular complexity index is 951. The molecule has 0 unspecified atom stereocenters. The van der Waals surface area contributed by atoms with Crippen LogP contribution in [0.15, 0.2) is 60.9 Å². The van der Waals surface area contributed by atoms with Crippen molar-refractivity contribution in [1.82, 2.24) is 19.7 Å². The zero-order valence-corrected chi connectivity index (χ0v) is 16.2. The van der Waals surface area contributed by atoms with Gasteiger partial charge in [0.25, 0.3) is 5.91 Å². The molecule has 1 N–H and O–H groups in total. The number of likely N-dealkylation sites (N-methyl/N-ethyl adjacent to an activating group) is 1. The van der Waals surface area contributed by atoms with Gasteiger partial charge in [-0.1, -0.05) is 38.1 Å². The first-order valence-electron chi connectivity index (χ1n) is 9.07. The minimum absolute atomic E-state index is 0.0509. The van der Waals surface area contributed by atoms with E-state index in [1.807, 2.05) is 50.2 Å². The predicted octanol–water partition coefficient (Wildman–Crippen LogP) is 3.10. The Kier molecular flexibility index (Phi) is 5.84. The number of pyridine rings is 1. The van der Waals surface area contributed by atoms with Gasteiger partial charge in [-0.15, -0.1) is 0 Å². The number of nitrogens with zero attached hydrogens (tertiary/aromatic N) is 4. The summed E-state index contributed by atoms with van der Waals surface area (Å²) in [7, 11) is 1.61. The summed E-state index contributed by atoms with van der Waals surface area (Å²) in [6, 6.07) is 14.7. The zero-order chi connectivity index (χ0) is 20.1. The molecule has 0 radical (unpaired) electrons. The second-order valence-corrected chi connectivity index (χ2v) is 6.77. The molecule has 0 bridgehead atoms. The maximum Gasteiger partial charge on any atom is 0.257 e. The minimum Gasteiger partial charge on any atom is -0.332 e. The molecule has 2 aromatic heterocycles. The van der Waals surface area contributed by atoms with Crippen molar-refractivity contribution in [2.45, 2.75) is 19.8 Å². The molecule has 0 saturated heterocycles. The van der Waals surface area contributed by atoms with Crippen molar-refractivity contribution >= 4 is 17.5 Å². The molecular weight excluding hydrogens is 354 g/mol. The van der Waals surface area contributed by atoms with Crippen LogP contribution in [0.25, 0.3) is 5.82 Å². The van der Waals surface area contributed by atoms with Gasteiger partial charge in [-0.25, -0.2) is 9.67 Å². The molecule has 144 valence electrons. The van der Waals surface area contributed by atoms with Crippen molar-refractivity contribution in [2.24, 2.45) is 0 Å². The van der Waals surface area contributed by atoms with Crippen LogP contribution >= 0.6 is 0 Å². The molecule has 0 fully saturated rings. The number of amides is 2. The van der Waals surface area contributed by atoms with Gasteiger partial charge in [-0.05, 0) is 30.2 Å². The van der Waals surface area contributed by atoms with E-state index in [0.29, 0.717) is 17.1 Å². The number of benzene rings is 1. The van der Waals surface area contributed by atoms with Gasteiger partial charge < -0.3 is 10.2 Å². The van der Waals surface area contributed by atoms with Crippen LogP contribution in [0.3, 0.4) is 0 Å². The number of para-hydroxylation sites is 1. The first-order valence-corrected chi connectivity index (χ1v) is 9.07. The summed E-state index contributed by atoms with van der Waals surface area (Å²) in [4.78, 5) is 31.0. The van der Waals surface area contributed by atoms with Crippen LogP contribution in [0.4, 0.5) is 5.69 Å². The third-order valence-corrected chi connectivity index (χ3v) is 4.24. The molecular formula is C21H23N5O2. The lowest BCUT2D eigenvalue weighted by atomic mass is 10.0. The molecule has 2 amide bonds. The molecule has 3 rings (SSSR count). The molecule has 7 nitrogen and oxygen atoms in total. The van der Waals surface area contributed by atoms with E-state index in [9.17, 15) is 9.59 Å². The predicted molar refractivity (Wildman–Crippen MR) is 107 cm³/mol. The first kappa shape index (κ1) is 19.3. The number of nitrogens with one attached hydrogen (secondary N) is 1. The van der Waals surface area contributed by atoms with Crippen LogP contribution < -0.4 is 5.32 Å². The van der Waals surface area contributed by atoms with Gasteiger partial charge in [0.15, 0.2) is 5.82 Å². The SMILES string of the molecule is CC(C)c1c(C(=O)N(C)CC(=O)Nc2ccccc2)cnn1-c1ccccn1. The summed E-state index contributed by atoms with van der Waals surface area (Å²) in [6.45, 7) is 3.94. The van der Waals surface area contributed by atoms with Crippen molar-refractivity contribution in [2.75, 3.05) is 18.9 Å². The summed E-state index contributed by atoms with van der Waals surface area (Å²) >= 11 is 0. The lowest BCUT2D eigenvalue weighted by Crippen LogP contribution is -2.35. The van der Waals surface area contributed by atoms with Crippen LogP contribution in [-0.2, 0) is 4.79 Å². The van der Waals surface area contributed by atoms with Crippen LogP contribution in [0.1, 0.15) is 35.8 Å². The van der Waals surface area contributed by atoms with Crippen molar-refractivity contribution in [3.05, 3.63) is 72.2 Å². The van der Waals surface area contributed by atoms with Crippen LogP contribution in [0.5, 0.6) is 0 Å². The van der Waals surface area contributed by atoms with Gasteiger partial charge in [0.1, 0.15) is 0 Å². The molecule has 0 atom stereocenters. The average molecular weight is 377 g/mol. The molecule has 1 aromatic carbocycles. The highest BCUT2D eigenvalue weighted by atomic mass is 16.2. The first-order chi connectivity index (χ1) is 13.5. The van der Waals surface area contributed by atoms with Gasteiger partial charge in [0.2, 0.25) is 5.91 Å². The van der Waals surface area contributed by atoms with Crippen LogP contribution in [-0.4, -0.2) is 45.1 Å². The fraction of sp³-hybridized carbons (Fsp3) is 0.238. The highest BCUT2D eigenvalue weighted by Crippen LogP contribution is 2.23. The minimum atomic E-state index is -0.259. The summed E-state index contributed by atoms with van der Waals surface area (Å²) < 4.78 is 1.68. The maximum atomic E-state index is 13.0. The fourth-order valence-corrected chi connectivity index (χ4v) is 2.95. The van der Waals surface area contributed by atoms with Crippen molar-refractivity contribution < 1.29 is 9.59 Å². The smallest absolute Gasteiger partial charge is 0.257 e. The molecule has 0 saturated carbocycles. The van der Waals surface area contributed by atoms with Crippen molar-refractivity contribution in [3.63, 3.8) is 0 Å². The number of anilines is 1. The Balaban J connectivity index is 1.78. The van der Waals surface area contributed by atoms with Crippen molar-refractivity contribution in [1.29, 1.82) is 0 Å². The molecule has 3 aromatic rings. The largest absolute Gasteiger partial charge is 0.332 e. The second-order valence-electron chi connectivity index (χ2n) is 6.77. The summed E-state index contributed by atoms with van der Waals surface area (Å²) in [6.07, 6.45) is 3.22. The molecule has 0 aliphatic heterocycles. The molecule has 7 heteroatoms. The lowest BCUT2D eigenvalue weighted by molar-refractivity contribution is -0.116. The van der Waals surface area contributed by atoms with E-state index in [1.54, 1.807) is 30.1 Å². The van der Waals surface area contributed by atoms with E-state index in [-0.39, 0.29) is 24.3 Å². The number of hydrogen-bond donors (Lipinski definition) is 1. The monoisotopic (exact) mass is 377 g/mol. The third-order valence-electron chi connectivity index (χ3n) is 4.24. The van der Waals surface area contributed by atoms with E-state index < -0.39 is 0 Å². The Hall–Kier alpha value is -3.48. The summed E-state index contributed by atoms with van der Waals surface area (Å²) in [5.41, 5.74) is 1.92. The van der Waals surface area contributed by atoms with Gasteiger partial charge in [-0.2, -0.15) is 5.10 Å². The number of carbonyl (C=O) groups is 2. The Morgan fingerprint density at radius 2 is 1.82 bits per heavy atom. The van der Waals surface area contributed by atoms with E-state index >= 15 is 0 Å². The summed E-state index contributed by atoms with van der Waals surface area (Å²) in [5.74, 6) is 0.184. The van der Waals surface area contributed by atoms with Crippen LogP contribution in [0, 0.1) is 0 Å². The van der Waals surface area contributed by atoms with Crippen molar-refractivity contribution in [3.8, 4) is 5.82 Å². The third kappa shape index (κ3) is 4.25. The number of aromatic nitrogens is 3. The standard InChI is InChI=1S/C21H23N5O2/c1-15(2)20-17(13-23-26(20)18-11-7-8-12-22-18)21(28)25(3)14-19(27)24-16-9-5-4-6-10-16/h4-13,15H,14H2,1-3H3,(H,24,27). The molecule has 0 spiro atoms. The van der Waals surface area contributed by atoms with E-state index in [1.165, 1.54) is 11.1 Å². The Morgan fingerprint density at radius 1 is 1.11 bits per heavy atom. The summed E-state index contributed by atoms with van der Waals surface area (Å²) in [5, 5.41) is 7.15. The zero-order valence-electron chi connectivity index (χ0n) is 16.2. The fourth-order valence-electron chi connectivity index (χ4n) is 2.95. The molecule has 0 aliphatic rings. The number of carbonyl (C=O) groups excluding carboxylic acids is 2. The average Bonchev–Trinajstić information content (AvgIpc) is 3.14. The van der Waals surface area contributed by atoms with Gasteiger partial charge >= 0.3 is 0 Å². The molecule has 2 heterocycles. The maximum absolute atomic E-state index is 13.0. The van der Waals surface area contributed by atoms with E-state index in [0.717, 1.165) is 5.69 Å². The van der Waals surface area contributed by atoms with Gasteiger partial charge in [-0.3, -0.25) is 9.59 Å². The normalized spacial score (nSPS) is 10.7. The number of hydrogen-bond acceptors (Lipinski definition) is 4. The molecule has 0 aliphatic carbocycles. The van der Waals surface area contributed by atoms with E-state index in [4.69, 9.17) is 0 Å². The highest BCUT2D eigenvalue weighted by molar-refractivity contribution is 5.99. The lowest BCUT2D eigenvalue weighted by Gasteiger charge is -2.18. The van der Waals surface area contributed by atoms with Gasteiger partial charge in [0.05, 0.1) is 24.0 Å². The molecule has 28 heavy (non-hydrogen) atoms. The quantitative estimate of drug-likeness (QED) is 0.716. The topological polar surface area (TPSA) is 80.1 Å². The van der Waals surface area contributed by atoms with Crippen LogP contribution in [0.2, 0.25) is 0 Å².